The van der Waals surface area contributed by atoms with Gasteiger partial charge in [-0.15, -0.1) is 0 Å². The Bertz CT molecular complexity index is 76.6. The summed E-state index contributed by atoms with van der Waals surface area (Å²) in [6, 6.07) is 0. The molecule has 0 aliphatic rings. The zero-order valence-corrected chi connectivity index (χ0v) is 5.69. The Labute approximate surface area is 50.4 Å². The maximum atomic E-state index is 7.13. The van der Waals surface area contributed by atoms with Crippen LogP contribution in [0.15, 0.2) is 0 Å². The van der Waals surface area contributed by atoms with Crippen LogP contribution in [0, 0.1) is 5.41 Å². The fraction of sp³-hybridized carbons (Fsp3) is 0.833. The van der Waals surface area contributed by atoms with Crippen LogP contribution < -0.4 is 0 Å². The first kappa shape index (κ1) is 7.63. The van der Waals surface area contributed by atoms with Gasteiger partial charge in [-0.2, -0.15) is 0 Å². The summed E-state index contributed by atoms with van der Waals surface area (Å²) in [6.45, 7) is 3.77. The molecular weight excluding hydrogens is 102 g/mol. The van der Waals surface area contributed by atoms with Crippen molar-refractivity contribution < 1.29 is 4.74 Å². The normalized spacial score (nSPS) is 13.4. The minimum absolute atomic E-state index is 0.0370. The van der Waals surface area contributed by atoms with Crippen molar-refractivity contribution in [3.63, 3.8) is 0 Å². The molecule has 48 valence electrons. The van der Waals surface area contributed by atoms with E-state index < -0.39 is 0 Å². The van der Waals surface area contributed by atoms with Crippen molar-refractivity contribution in [1.29, 1.82) is 5.41 Å². The summed E-state index contributed by atoms with van der Waals surface area (Å²) in [5.41, 5.74) is 0.606. The summed E-state index contributed by atoms with van der Waals surface area (Å²) >= 11 is 0. The second-order valence-electron chi connectivity index (χ2n) is 1.82. The van der Waals surface area contributed by atoms with Crippen molar-refractivity contribution in [2.75, 3.05) is 7.11 Å². The number of hydrogen-bond acceptors (Lipinski definition) is 2. The van der Waals surface area contributed by atoms with Crippen LogP contribution in [0.3, 0.4) is 0 Å². The number of methoxy groups -OCH3 is 1. The molecule has 1 N–H and O–H groups in total. The van der Waals surface area contributed by atoms with Gasteiger partial charge in [0.15, 0.2) is 0 Å². The molecule has 0 saturated heterocycles. The molecule has 0 aromatic heterocycles. The van der Waals surface area contributed by atoms with Crippen LogP contribution in [-0.4, -0.2) is 18.9 Å². The maximum absolute atomic E-state index is 7.13. The van der Waals surface area contributed by atoms with E-state index >= 15 is 0 Å². The molecule has 2 heteroatoms. The van der Waals surface area contributed by atoms with Gasteiger partial charge in [-0.3, -0.25) is 0 Å². The van der Waals surface area contributed by atoms with Gasteiger partial charge >= 0.3 is 0 Å². The SMILES string of the molecule is CC[C@H](OC)C(C)=N. The van der Waals surface area contributed by atoms with Crippen LogP contribution in [0.25, 0.3) is 0 Å². The lowest BCUT2D eigenvalue weighted by atomic mass is 10.2. The Morgan fingerprint density at radius 1 is 1.75 bits per heavy atom. The van der Waals surface area contributed by atoms with Crippen molar-refractivity contribution in [2.45, 2.75) is 26.4 Å². The van der Waals surface area contributed by atoms with E-state index in [2.05, 4.69) is 0 Å². The van der Waals surface area contributed by atoms with Gasteiger partial charge in [0, 0.05) is 12.8 Å². The molecule has 2 nitrogen and oxygen atoms in total. The van der Waals surface area contributed by atoms with Crippen LogP contribution in [0.1, 0.15) is 20.3 Å². The minimum Gasteiger partial charge on any atom is -0.376 e. The summed E-state index contributed by atoms with van der Waals surface area (Å²) < 4.78 is 4.94. The van der Waals surface area contributed by atoms with Crippen LogP contribution in [-0.2, 0) is 4.74 Å². The van der Waals surface area contributed by atoms with Gasteiger partial charge in [-0.05, 0) is 13.3 Å². The molecule has 0 radical (unpaired) electrons. The molecule has 0 aromatic rings. The Balaban J connectivity index is 3.52. The molecule has 0 heterocycles. The highest BCUT2D eigenvalue weighted by Crippen LogP contribution is 1.95. The monoisotopic (exact) mass is 115 g/mol. The van der Waals surface area contributed by atoms with E-state index in [1.807, 2.05) is 6.92 Å². The molecule has 0 fully saturated rings. The molecule has 0 aliphatic heterocycles. The fourth-order valence-electron chi connectivity index (χ4n) is 0.650. The predicted octanol–water partition coefficient (Wildman–Crippen LogP) is 1.45. The molecule has 0 aromatic carbocycles. The predicted molar refractivity (Wildman–Crippen MR) is 34.5 cm³/mol. The van der Waals surface area contributed by atoms with Gasteiger partial charge in [0.05, 0.1) is 6.10 Å². The highest BCUT2D eigenvalue weighted by Gasteiger charge is 2.03. The third-order valence-electron chi connectivity index (χ3n) is 1.14. The summed E-state index contributed by atoms with van der Waals surface area (Å²) in [6.07, 6.45) is 0.932. The minimum atomic E-state index is 0.0370. The van der Waals surface area contributed by atoms with Crippen molar-refractivity contribution >= 4 is 5.71 Å². The van der Waals surface area contributed by atoms with Crippen LogP contribution in [0.2, 0.25) is 0 Å². The number of rotatable bonds is 3. The Morgan fingerprint density at radius 2 is 2.25 bits per heavy atom. The van der Waals surface area contributed by atoms with Gasteiger partial charge in [0.25, 0.3) is 0 Å². The molecule has 0 saturated carbocycles. The first-order valence-electron chi connectivity index (χ1n) is 2.80. The third kappa shape index (κ3) is 2.07. The highest BCUT2D eigenvalue weighted by atomic mass is 16.5. The molecular formula is C6H13NO. The molecule has 0 spiro atoms. The van der Waals surface area contributed by atoms with E-state index in [-0.39, 0.29) is 6.10 Å². The van der Waals surface area contributed by atoms with E-state index in [1.54, 1.807) is 14.0 Å². The number of nitrogens with one attached hydrogen (secondary N) is 1. The Hall–Kier alpha value is -0.370. The van der Waals surface area contributed by atoms with E-state index in [0.29, 0.717) is 5.71 Å². The second-order valence-corrected chi connectivity index (χ2v) is 1.82. The van der Waals surface area contributed by atoms with Crippen LogP contribution >= 0.6 is 0 Å². The average Bonchev–Trinajstić information content (AvgIpc) is 1.69. The zero-order valence-electron chi connectivity index (χ0n) is 5.69. The van der Waals surface area contributed by atoms with Gasteiger partial charge in [-0.1, -0.05) is 6.92 Å². The summed E-state index contributed by atoms with van der Waals surface area (Å²) in [5, 5.41) is 7.13. The second kappa shape index (κ2) is 3.61. The first-order valence-corrected chi connectivity index (χ1v) is 2.80. The average molecular weight is 115 g/mol. The van der Waals surface area contributed by atoms with Crippen LogP contribution in [0.4, 0.5) is 0 Å². The van der Waals surface area contributed by atoms with Crippen molar-refractivity contribution in [2.24, 2.45) is 0 Å². The lowest BCUT2D eigenvalue weighted by Gasteiger charge is -2.09. The summed E-state index contributed by atoms with van der Waals surface area (Å²) in [5.74, 6) is 0. The fourth-order valence-corrected chi connectivity index (χ4v) is 0.650. The van der Waals surface area contributed by atoms with E-state index in [4.69, 9.17) is 10.1 Å². The molecule has 8 heavy (non-hydrogen) atoms. The van der Waals surface area contributed by atoms with Crippen molar-refractivity contribution in [1.82, 2.24) is 0 Å². The van der Waals surface area contributed by atoms with Gasteiger partial charge in [0.2, 0.25) is 0 Å². The summed E-state index contributed by atoms with van der Waals surface area (Å²) in [4.78, 5) is 0. The number of ether oxygens (including phenoxy) is 1. The topological polar surface area (TPSA) is 33.1 Å². The Kier molecular flexibility index (Phi) is 3.44. The molecule has 1 atom stereocenters. The third-order valence-corrected chi connectivity index (χ3v) is 1.14. The van der Waals surface area contributed by atoms with Crippen molar-refractivity contribution in [3.05, 3.63) is 0 Å². The molecule has 0 rings (SSSR count). The van der Waals surface area contributed by atoms with Crippen LogP contribution in [0.5, 0.6) is 0 Å². The van der Waals surface area contributed by atoms with Gasteiger partial charge in [0.1, 0.15) is 0 Å². The maximum Gasteiger partial charge on any atom is 0.0939 e. The molecule has 0 aliphatic carbocycles. The quantitative estimate of drug-likeness (QED) is 0.555. The van der Waals surface area contributed by atoms with E-state index in [1.165, 1.54) is 0 Å². The number of hydrogen-bond donors (Lipinski definition) is 1. The highest BCUT2D eigenvalue weighted by molar-refractivity contribution is 5.83. The zero-order chi connectivity index (χ0) is 6.57. The smallest absolute Gasteiger partial charge is 0.0939 e. The molecule has 0 unspecified atom stereocenters. The molecule has 0 amide bonds. The standard InChI is InChI=1S/C6H13NO/c1-4-6(8-3)5(2)7/h6-7H,4H2,1-3H3/t6-/m0/s1. The van der Waals surface area contributed by atoms with Gasteiger partial charge < -0.3 is 10.1 Å². The van der Waals surface area contributed by atoms with Crippen molar-refractivity contribution in [3.8, 4) is 0 Å². The lowest BCUT2D eigenvalue weighted by molar-refractivity contribution is 0.151. The lowest BCUT2D eigenvalue weighted by Crippen LogP contribution is -2.17. The van der Waals surface area contributed by atoms with E-state index in [0.717, 1.165) is 6.42 Å². The summed E-state index contributed by atoms with van der Waals surface area (Å²) in [7, 11) is 1.63. The largest absolute Gasteiger partial charge is 0.376 e. The molecule has 0 bridgehead atoms. The van der Waals surface area contributed by atoms with E-state index in [9.17, 15) is 0 Å². The Morgan fingerprint density at radius 3 is 2.25 bits per heavy atom. The van der Waals surface area contributed by atoms with Gasteiger partial charge in [-0.25, -0.2) is 0 Å². The first-order chi connectivity index (χ1) is 3.72.